The number of benzene rings is 1. The third kappa shape index (κ3) is 4.73. The Labute approximate surface area is 173 Å². The van der Waals surface area contributed by atoms with E-state index in [0.717, 1.165) is 42.6 Å². The molecule has 3 aromatic rings. The van der Waals surface area contributed by atoms with Crippen LogP contribution in [0.2, 0.25) is 5.02 Å². The van der Waals surface area contributed by atoms with Crippen molar-refractivity contribution < 1.29 is 4.52 Å². The van der Waals surface area contributed by atoms with Crippen LogP contribution in [0, 0.1) is 6.92 Å². The van der Waals surface area contributed by atoms with Crippen molar-refractivity contribution in [2.24, 2.45) is 4.99 Å². The molecule has 0 bridgehead atoms. The maximum Gasteiger partial charge on any atom is 0.228 e. The highest BCUT2D eigenvalue weighted by atomic mass is 35.5. The lowest BCUT2D eigenvalue weighted by Crippen LogP contribution is -2.47. The molecule has 0 saturated carbocycles. The summed E-state index contributed by atoms with van der Waals surface area (Å²) in [5.41, 5.74) is 0.870. The first kappa shape index (κ1) is 19.4. The van der Waals surface area contributed by atoms with Gasteiger partial charge in [-0.25, -0.2) is 9.67 Å². The number of nitrogens with one attached hydrogen (secondary N) is 2. The Kier molecular flexibility index (Phi) is 5.75. The number of rotatable bonds is 5. The van der Waals surface area contributed by atoms with Crippen LogP contribution in [0.1, 0.15) is 24.0 Å². The average Bonchev–Trinajstić information content (AvgIpc) is 3.33. The van der Waals surface area contributed by atoms with Crippen molar-refractivity contribution in [2.45, 2.75) is 38.8 Å². The molecule has 0 saturated heterocycles. The molecule has 0 radical (unpaired) electrons. The zero-order valence-corrected chi connectivity index (χ0v) is 17.1. The number of guanidine groups is 1. The van der Waals surface area contributed by atoms with Crippen LogP contribution in [0.4, 0.5) is 0 Å². The molecule has 9 nitrogen and oxygen atoms in total. The SMILES string of the molecule is CN=C(NCCc1nc(-c2ccc(Cl)cc2)no1)NC1CCc2nc(C)nn2C1. The van der Waals surface area contributed by atoms with Crippen LogP contribution in [-0.2, 0) is 19.4 Å². The maximum absolute atomic E-state index is 5.91. The first-order valence-electron chi connectivity index (χ1n) is 9.57. The highest BCUT2D eigenvalue weighted by molar-refractivity contribution is 6.30. The van der Waals surface area contributed by atoms with Crippen LogP contribution in [-0.4, -0.2) is 50.5 Å². The van der Waals surface area contributed by atoms with Crippen molar-refractivity contribution in [3.05, 3.63) is 46.8 Å². The number of hydrogen-bond donors (Lipinski definition) is 2. The standard InChI is InChI=1S/C19H23ClN8O/c1-12-23-16-8-7-15(11-28(16)26-12)24-19(21-2)22-10-9-17-25-18(27-29-17)13-3-5-14(20)6-4-13/h3-6,15H,7-11H2,1-2H3,(H2,21,22,24). The van der Waals surface area contributed by atoms with Gasteiger partial charge in [-0.1, -0.05) is 16.8 Å². The van der Waals surface area contributed by atoms with Gasteiger partial charge in [0.15, 0.2) is 5.96 Å². The molecule has 1 aromatic carbocycles. The van der Waals surface area contributed by atoms with Crippen LogP contribution >= 0.6 is 11.6 Å². The van der Waals surface area contributed by atoms with E-state index in [4.69, 9.17) is 16.1 Å². The molecule has 152 valence electrons. The predicted octanol–water partition coefficient (Wildman–Crippen LogP) is 2.01. The van der Waals surface area contributed by atoms with Gasteiger partial charge in [0.25, 0.3) is 0 Å². The van der Waals surface area contributed by atoms with E-state index in [1.54, 1.807) is 19.2 Å². The van der Waals surface area contributed by atoms with E-state index in [2.05, 4.69) is 35.8 Å². The first-order valence-corrected chi connectivity index (χ1v) is 9.94. The van der Waals surface area contributed by atoms with E-state index >= 15 is 0 Å². The third-order valence-corrected chi connectivity index (χ3v) is 4.98. The van der Waals surface area contributed by atoms with Crippen molar-refractivity contribution in [3.63, 3.8) is 0 Å². The molecule has 10 heteroatoms. The summed E-state index contributed by atoms with van der Waals surface area (Å²) in [6, 6.07) is 7.60. The Morgan fingerprint density at radius 2 is 2.14 bits per heavy atom. The smallest absolute Gasteiger partial charge is 0.228 e. The second-order valence-electron chi connectivity index (χ2n) is 6.90. The maximum atomic E-state index is 5.91. The molecule has 0 aliphatic carbocycles. The topological polar surface area (TPSA) is 106 Å². The number of nitrogens with zero attached hydrogens (tertiary/aromatic N) is 6. The molecule has 3 heterocycles. The summed E-state index contributed by atoms with van der Waals surface area (Å²) in [5.74, 6) is 3.74. The molecule has 0 amide bonds. The number of aliphatic imine (C=N–C) groups is 1. The van der Waals surface area contributed by atoms with E-state index in [9.17, 15) is 0 Å². The number of fused-ring (bicyclic) bond motifs is 1. The van der Waals surface area contributed by atoms with E-state index < -0.39 is 0 Å². The predicted molar refractivity (Wildman–Crippen MR) is 110 cm³/mol. The Bertz CT molecular complexity index is 994. The molecule has 1 aliphatic heterocycles. The van der Waals surface area contributed by atoms with Gasteiger partial charge in [0.1, 0.15) is 11.6 Å². The number of aryl methyl sites for hydroxylation is 2. The fourth-order valence-corrected chi connectivity index (χ4v) is 3.43. The van der Waals surface area contributed by atoms with Crippen molar-refractivity contribution >= 4 is 17.6 Å². The lowest BCUT2D eigenvalue weighted by atomic mass is 10.1. The first-order chi connectivity index (χ1) is 14.1. The molecule has 0 fully saturated rings. The summed E-state index contributed by atoms with van der Waals surface area (Å²) in [5, 5.41) is 15.9. The van der Waals surface area contributed by atoms with Crippen LogP contribution in [0.15, 0.2) is 33.8 Å². The lowest BCUT2D eigenvalue weighted by molar-refractivity contribution is 0.377. The van der Waals surface area contributed by atoms with Crippen molar-refractivity contribution in [2.75, 3.05) is 13.6 Å². The van der Waals surface area contributed by atoms with Crippen molar-refractivity contribution in [1.29, 1.82) is 0 Å². The summed E-state index contributed by atoms with van der Waals surface area (Å²) < 4.78 is 7.32. The van der Waals surface area contributed by atoms with E-state index in [0.29, 0.717) is 29.7 Å². The zero-order chi connectivity index (χ0) is 20.2. The van der Waals surface area contributed by atoms with Gasteiger partial charge in [-0.15, -0.1) is 0 Å². The van der Waals surface area contributed by atoms with Crippen LogP contribution in [0.5, 0.6) is 0 Å². The molecule has 2 N–H and O–H groups in total. The summed E-state index contributed by atoms with van der Waals surface area (Å²) >= 11 is 5.91. The van der Waals surface area contributed by atoms with Gasteiger partial charge in [-0.2, -0.15) is 10.1 Å². The molecule has 1 atom stereocenters. The summed E-state index contributed by atoms with van der Waals surface area (Å²) in [4.78, 5) is 13.2. The Balaban J connectivity index is 1.27. The quantitative estimate of drug-likeness (QED) is 0.485. The molecule has 1 unspecified atom stereocenters. The Morgan fingerprint density at radius 1 is 1.31 bits per heavy atom. The highest BCUT2D eigenvalue weighted by Crippen LogP contribution is 2.18. The van der Waals surface area contributed by atoms with Crippen LogP contribution in [0.25, 0.3) is 11.4 Å². The molecule has 2 aromatic heterocycles. The molecule has 0 spiro atoms. The molecular weight excluding hydrogens is 392 g/mol. The van der Waals surface area contributed by atoms with Crippen LogP contribution < -0.4 is 10.6 Å². The minimum Gasteiger partial charge on any atom is -0.356 e. The van der Waals surface area contributed by atoms with E-state index in [1.807, 2.05) is 23.7 Å². The molecule has 29 heavy (non-hydrogen) atoms. The monoisotopic (exact) mass is 414 g/mol. The summed E-state index contributed by atoms with van der Waals surface area (Å²) in [7, 11) is 1.76. The Hall–Kier alpha value is -2.94. The van der Waals surface area contributed by atoms with Gasteiger partial charge in [0, 0.05) is 43.1 Å². The lowest BCUT2D eigenvalue weighted by Gasteiger charge is -2.25. The average molecular weight is 415 g/mol. The number of halogens is 1. The van der Waals surface area contributed by atoms with Crippen molar-refractivity contribution in [3.8, 4) is 11.4 Å². The fourth-order valence-electron chi connectivity index (χ4n) is 3.30. The Morgan fingerprint density at radius 3 is 2.93 bits per heavy atom. The molecular formula is C19H23ClN8O. The fraction of sp³-hybridized carbons (Fsp3) is 0.421. The van der Waals surface area contributed by atoms with Gasteiger partial charge >= 0.3 is 0 Å². The second-order valence-corrected chi connectivity index (χ2v) is 7.34. The number of aromatic nitrogens is 5. The van der Waals surface area contributed by atoms with Crippen molar-refractivity contribution in [1.82, 2.24) is 35.5 Å². The van der Waals surface area contributed by atoms with Gasteiger partial charge < -0.3 is 15.2 Å². The second kappa shape index (κ2) is 8.60. The van der Waals surface area contributed by atoms with Gasteiger partial charge in [0.2, 0.25) is 11.7 Å². The van der Waals surface area contributed by atoms with Gasteiger partial charge in [-0.05, 0) is 37.6 Å². The van der Waals surface area contributed by atoms with Gasteiger partial charge in [0.05, 0.1) is 6.54 Å². The minimum atomic E-state index is 0.259. The number of hydrogen-bond acceptors (Lipinski definition) is 6. The third-order valence-electron chi connectivity index (χ3n) is 4.73. The molecule has 1 aliphatic rings. The minimum absolute atomic E-state index is 0.259. The molecule has 4 rings (SSSR count). The summed E-state index contributed by atoms with van der Waals surface area (Å²) in [6.45, 7) is 3.33. The largest absolute Gasteiger partial charge is 0.356 e. The normalized spacial score (nSPS) is 16.5. The van der Waals surface area contributed by atoms with Gasteiger partial charge in [-0.3, -0.25) is 4.99 Å². The zero-order valence-electron chi connectivity index (χ0n) is 16.4. The summed E-state index contributed by atoms with van der Waals surface area (Å²) in [6.07, 6.45) is 2.50. The van der Waals surface area contributed by atoms with E-state index in [1.165, 1.54) is 0 Å². The van der Waals surface area contributed by atoms with Crippen LogP contribution in [0.3, 0.4) is 0 Å². The van der Waals surface area contributed by atoms with E-state index in [-0.39, 0.29) is 6.04 Å². The highest BCUT2D eigenvalue weighted by Gasteiger charge is 2.21.